The normalized spacial score (nSPS) is 10.1. The van der Waals surface area contributed by atoms with Gasteiger partial charge >= 0.3 is 0 Å². The summed E-state index contributed by atoms with van der Waals surface area (Å²) in [4.78, 5) is 0. The van der Waals surface area contributed by atoms with E-state index in [1.807, 2.05) is 18.2 Å². The molecule has 0 bridgehead atoms. The number of nitrogens with two attached hydrogens (primary N) is 1. The van der Waals surface area contributed by atoms with E-state index in [0.29, 0.717) is 18.8 Å². The summed E-state index contributed by atoms with van der Waals surface area (Å²) in [6, 6.07) is 13.5. The second-order valence-corrected chi connectivity index (χ2v) is 3.85. The molecule has 4 heteroatoms. The van der Waals surface area contributed by atoms with Gasteiger partial charge in [0.2, 0.25) is 0 Å². The summed E-state index contributed by atoms with van der Waals surface area (Å²) >= 11 is 0. The molecule has 0 fully saturated rings. The fourth-order valence-electron chi connectivity index (χ4n) is 1.53. The zero-order valence-corrected chi connectivity index (χ0v) is 9.90. The van der Waals surface area contributed by atoms with E-state index in [1.165, 1.54) is 12.1 Å². The lowest BCUT2D eigenvalue weighted by atomic mass is 10.3. The molecule has 3 N–H and O–H groups in total. The highest BCUT2D eigenvalue weighted by Crippen LogP contribution is 2.13. The molecule has 18 heavy (non-hydrogen) atoms. The van der Waals surface area contributed by atoms with E-state index < -0.39 is 0 Å². The van der Waals surface area contributed by atoms with Crippen molar-refractivity contribution in [1.29, 1.82) is 0 Å². The number of ether oxygens (including phenoxy) is 1. The Bertz CT molecular complexity index is 499. The minimum Gasteiger partial charge on any atom is -0.492 e. The van der Waals surface area contributed by atoms with Crippen LogP contribution in [0.15, 0.2) is 48.5 Å². The first-order valence-electron chi connectivity index (χ1n) is 5.72. The monoisotopic (exact) mass is 246 g/mol. The predicted octanol–water partition coefficient (Wildman–Crippen LogP) is 2.90. The van der Waals surface area contributed by atoms with Crippen LogP contribution in [0.5, 0.6) is 5.75 Å². The fraction of sp³-hybridized carbons (Fsp3) is 0.143. The van der Waals surface area contributed by atoms with Crippen LogP contribution in [0.25, 0.3) is 0 Å². The average molecular weight is 246 g/mol. The van der Waals surface area contributed by atoms with Crippen molar-refractivity contribution in [3.05, 3.63) is 54.3 Å². The van der Waals surface area contributed by atoms with Crippen molar-refractivity contribution < 1.29 is 9.13 Å². The summed E-state index contributed by atoms with van der Waals surface area (Å²) in [5.41, 5.74) is 7.02. The third-order valence-corrected chi connectivity index (χ3v) is 2.40. The molecule has 0 amide bonds. The number of hydrogen-bond donors (Lipinski definition) is 2. The maximum Gasteiger partial charge on any atom is 0.125 e. The van der Waals surface area contributed by atoms with Gasteiger partial charge in [0.25, 0.3) is 0 Å². The summed E-state index contributed by atoms with van der Waals surface area (Å²) in [6.07, 6.45) is 0. The molecule has 2 aromatic rings. The van der Waals surface area contributed by atoms with Crippen molar-refractivity contribution in [2.45, 2.75) is 0 Å². The molecule has 94 valence electrons. The van der Waals surface area contributed by atoms with Crippen LogP contribution in [-0.2, 0) is 0 Å². The van der Waals surface area contributed by atoms with Gasteiger partial charge in [0.15, 0.2) is 0 Å². The third kappa shape index (κ3) is 3.66. The summed E-state index contributed by atoms with van der Waals surface area (Å²) in [5, 5.41) is 3.08. The van der Waals surface area contributed by atoms with E-state index in [0.717, 1.165) is 11.4 Å². The number of hydrogen-bond acceptors (Lipinski definition) is 3. The van der Waals surface area contributed by atoms with Gasteiger partial charge in [-0.25, -0.2) is 4.39 Å². The van der Waals surface area contributed by atoms with E-state index in [9.17, 15) is 4.39 Å². The lowest BCUT2D eigenvalue weighted by Crippen LogP contribution is -2.11. The largest absolute Gasteiger partial charge is 0.492 e. The van der Waals surface area contributed by atoms with Crippen LogP contribution in [-0.4, -0.2) is 13.2 Å². The standard InChI is InChI=1S/C14H15FN2O/c15-11-2-1-3-13(10-11)17-8-9-18-14-6-4-12(16)5-7-14/h1-7,10,17H,8-9,16H2. The molecule has 0 aliphatic rings. The third-order valence-electron chi connectivity index (χ3n) is 2.40. The van der Waals surface area contributed by atoms with Gasteiger partial charge in [0.1, 0.15) is 18.2 Å². The second kappa shape index (κ2) is 5.91. The quantitative estimate of drug-likeness (QED) is 0.630. The van der Waals surface area contributed by atoms with Crippen LogP contribution in [0, 0.1) is 5.82 Å². The van der Waals surface area contributed by atoms with Gasteiger partial charge in [-0.15, -0.1) is 0 Å². The molecule has 0 saturated carbocycles. The van der Waals surface area contributed by atoms with E-state index in [-0.39, 0.29) is 5.82 Å². The van der Waals surface area contributed by atoms with Crippen LogP contribution >= 0.6 is 0 Å². The first-order valence-corrected chi connectivity index (χ1v) is 5.72. The van der Waals surface area contributed by atoms with Crippen molar-refractivity contribution in [3.63, 3.8) is 0 Å². The number of halogens is 1. The molecule has 0 atom stereocenters. The Morgan fingerprint density at radius 1 is 1.11 bits per heavy atom. The van der Waals surface area contributed by atoms with Gasteiger partial charge in [-0.2, -0.15) is 0 Å². The van der Waals surface area contributed by atoms with Crippen LogP contribution in [0.3, 0.4) is 0 Å². The van der Waals surface area contributed by atoms with Crippen molar-refractivity contribution in [2.75, 3.05) is 24.2 Å². The maximum atomic E-state index is 12.9. The molecular weight excluding hydrogens is 231 g/mol. The van der Waals surface area contributed by atoms with Crippen molar-refractivity contribution >= 4 is 11.4 Å². The number of anilines is 2. The average Bonchev–Trinajstić information content (AvgIpc) is 2.37. The number of benzene rings is 2. The molecule has 0 saturated heterocycles. The van der Waals surface area contributed by atoms with Crippen LogP contribution in [0.4, 0.5) is 15.8 Å². The Morgan fingerprint density at radius 2 is 1.89 bits per heavy atom. The molecule has 0 spiro atoms. The maximum absolute atomic E-state index is 12.9. The van der Waals surface area contributed by atoms with Crippen LogP contribution in [0.1, 0.15) is 0 Å². The second-order valence-electron chi connectivity index (χ2n) is 3.85. The highest BCUT2D eigenvalue weighted by Gasteiger charge is 1.95. The van der Waals surface area contributed by atoms with Crippen molar-refractivity contribution in [3.8, 4) is 5.75 Å². The van der Waals surface area contributed by atoms with E-state index in [2.05, 4.69) is 5.32 Å². The Hall–Kier alpha value is -2.23. The first-order chi connectivity index (χ1) is 8.74. The van der Waals surface area contributed by atoms with Crippen molar-refractivity contribution in [2.24, 2.45) is 0 Å². The summed E-state index contributed by atoms with van der Waals surface area (Å²) < 4.78 is 18.4. The first kappa shape index (κ1) is 12.2. The van der Waals surface area contributed by atoms with Crippen LogP contribution in [0.2, 0.25) is 0 Å². The Balaban J connectivity index is 1.74. The number of nitrogens with one attached hydrogen (secondary N) is 1. The van der Waals surface area contributed by atoms with E-state index in [4.69, 9.17) is 10.5 Å². The molecular formula is C14H15FN2O. The Morgan fingerprint density at radius 3 is 2.61 bits per heavy atom. The lowest BCUT2D eigenvalue weighted by molar-refractivity contribution is 0.333. The van der Waals surface area contributed by atoms with E-state index >= 15 is 0 Å². The molecule has 0 unspecified atom stereocenters. The summed E-state index contributed by atoms with van der Waals surface area (Å²) in [6.45, 7) is 1.11. The minimum absolute atomic E-state index is 0.251. The van der Waals surface area contributed by atoms with Crippen molar-refractivity contribution in [1.82, 2.24) is 0 Å². The molecule has 0 heterocycles. The zero-order chi connectivity index (χ0) is 12.8. The summed E-state index contributed by atoms with van der Waals surface area (Å²) in [7, 11) is 0. The smallest absolute Gasteiger partial charge is 0.125 e. The highest BCUT2D eigenvalue weighted by atomic mass is 19.1. The molecule has 0 aromatic heterocycles. The molecule has 0 radical (unpaired) electrons. The summed E-state index contributed by atoms with van der Waals surface area (Å²) in [5.74, 6) is 0.518. The molecule has 0 aliphatic heterocycles. The zero-order valence-electron chi connectivity index (χ0n) is 9.90. The minimum atomic E-state index is -0.251. The van der Waals surface area contributed by atoms with Gasteiger partial charge in [0.05, 0.1) is 0 Å². The highest BCUT2D eigenvalue weighted by molar-refractivity contribution is 5.43. The Labute approximate surface area is 105 Å². The molecule has 0 aliphatic carbocycles. The van der Waals surface area contributed by atoms with Crippen LogP contribution < -0.4 is 15.8 Å². The number of rotatable bonds is 5. The SMILES string of the molecule is Nc1ccc(OCCNc2cccc(F)c2)cc1. The predicted molar refractivity (Wildman–Crippen MR) is 71.2 cm³/mol. The fourth-order valence-corrected chi connectivity index (χ4v) is 1.53. The van der Waals surface area contributed by atoms with Gasteiger partial charge in [-0.05, 0) is 42.5 Å². The molecule has 3 nitrogen and oxygen atoms in total. The lowest BCUT2D eigenvalue weighted by Gasteiger charge is -2.08. The van der Waals surface area contributed by atoms with Gasteiger partial charge in [-0.1, -0.05) is 6.07 Å². The van der Waals surface area contributed by atoms with Gasteiger partial charge in [-0.3, -0.25) is 0 Å². The Kier molecular flexibility index (Phi) is 4.02. The van der Waals surface area contributed by atoms with Gasteiger partial charge < -0.3 is 15.8 Å². The topological polar surface area (TPSA) is 47.3 Å². The molecule has 2 aromatic carbocycles. The van der Waals surface area contributed by atoms with Gasteiger partial charge in [0, 0.05) is 17.9 Å². The number of nitrogen functional groups attached to an aromatic ring is 1. The van der Waals surface area contributed by atoms with E-state index in [1.54, 1.807) is 18.2 Å². The molecule has 2 rings (SSSR count).